The van der Waals surface area contributed by atoms with Crippen molar-refractivity contribution in [3.05, 3.63) is 45.9 Å². The molecule has 0 amide bonds. The number of Topliss-reactive ketones (excluding diaryl/α,β-unsaturated/α-hetero) is 1. The van der Waals surface area contributed by atoms with E-state index in [1.807, 2.05) is 5.38 Å². The van der Waals surface area contributed by atoms with E-state index >= 15 is 0 Å². The molecule has 110 valence electrons. The Labute approximate surface area is 129 Å². The van der Waals surface area contributed by atoms with Crippen LogP contribution in [0.5, 0.6) is 0 Å². The number of rotatable bonds is 5. The van der Waals surface area contributed by atoms with Crippen molar-refractivity contribution in [3.8, 4) is 0 Å². The highest BCUT2D eigenvalue weighted by molar-refractivity contribution is 7.09. The maximum atomic E-state index is 12.3. The number of carbonyl (C=O) groups is 1. The number of carbonyl (C=O) groups excluding carboxylic acids is 1. The monoisotopic (exact) mass is 300 g/mol. The van der Waals surface area contributed by atoms with E-state index < -0.39 is 0 Å². The molecule has 0 atom stereocenters. The van der Waals surface area contributed by atoms with Gasteiger partial charge < -0.3 is 4.90 Å². The molecule has 0 bridgehead atoms. The summed E-state index contributed by atoms with van der Waals surface area (Å²) < 4.78 is 0. The number of hydrogen-bond acceptors (Lipinski definition) is 4. The van der Waals surface area contributed by atoms with Crippen LogP contribution in [0, 0.1) is 6.92 Å². The molecule has 2 heterocycles. The van der Waals surface area contributed by atoms with E-state index in [1.54, 1.807) is 17.5 Å². The third kappa shape index (κ3) is 3.50. The van der Waals surface area contributed by atoms with Gasteiger partial charge in [-0.2, -0.15) is 0 Å². The molecular formula is C17H20N2OS. The topological polar surface area (TPSA) is 33.2 Å². The number of ketones is 1. The summed E-state index contributed by atoms with van der Waals surface area (Å²) in [5.74, 6) is 0.245. The number of anilines is 1. The predicted molar refractivity (Wildman–Crippen MR) is 87.2 cm³/mol. The first-order valence-corrected chi connectivity index (χ1v) is 8.35. The molecule has 4 heteroatoms. The van der Waals surface area contributed by atoms with E-state index in [9.17, 15) is 4.79 Å². The van der Waals surface area contributed by atoms with Gasteiger partial charge in [0.25, 0.3) is 0 Å². The largest absolute Gasteiger partial charge is 0.371 e. The second-order valence-corrected chi connectivity index (χ2v) is 6.62. The van der Waals surface area contributed by atoms with Crippen LogP contribution in [0.1, 0.15) is 29.0 Å². The molecule has 1 aliphatic heterocycles. The Balaban J connectivity index is 1.76. The SMILES string of the molecule is Cc1ccc(CC(=O)Cc2nccs2)c(N2CCCC2)c1. The lowest BCUT2D eigenvalue weighted by Gasteiger charge is -2.22. The Hall–Kier alpha value is -1.68. The second-order valence-electron chi connectivity index (χ2n) is 5.64. The van der Waals surface area contributed by atoms with E-state index in [-0.39, 0.29) is 5.78 Å². The normalized spacial score (nSPS) is 14.6. The van der Waals surface area contributed by atoms with E-state index in [2.05, 4.69) is 35.0 Å². The molecule has 0 aliphatic carbocycles. The lowest BCUT2D eigenvalue weighted by Crippen LogP contribution is -2.20. The van der Waals surface area contributed by atoms with Gasteiger partial charge in [0.2, 0.25) is 0 Å². The van der Waals surface area contributed by atoms with Crippen molar-refractivity contribution in [2.75, 3.05) is 18.0 Å². The summed E-state index contributed by atoms with van der Waals surface area (Å²) >= 11 is 1.55. The minimum Gasteiger partial charge on any atom is -0.371 e. The van der Waals surface area contributed by atoms with Crippen LogP contribution in [-0.4, -0.2) is 23.9 Å². The molecule has 0 spiro atoms. The van der Waals surface area contributed by atoms with Gasteiger partial charge in [0, 0.05) is 36.8 Å². The molecule has 1 fully saturated rings. The van der Waals surface area contributed by atoms with Crippen LogP contribution >= 0.6 is 11.3 Å². The molecule has 0 radical (unpaired) electrons. The standard InChI is InChI=1S/C17H20N2OS/c1-13-4-5-14(16(10-13)19-7-2-3-8-19)11-15(20)12-17-18-6-9-21-17/h4-6,9-10H,2-3,7-8,11-12H2,1H3. The van der Waals surface area contributed by atoms with Crippen LogP contribution in [0.3, 0.4) is 0 Å². The van der Waals surface area contributed by atoms with Gasteiger partial charge in [-0.15, -0.1) is 11.3 Å². The first-order valence-electron chi connectivity index (χ1n) is 7.47. The molecule has 3 rings (SSSR count). The minimum atomic E-state index is 0.245. The van der Waals surface area contributed by atoms with Gasteiger partial charge in [0.15, 0.2) is 0 Å². The third-order valence-electron chi connectivity index (χ3n) is 3.91. The van der Waals surface area contributed by atoms with Crippen molar-refractivity contribution in [1.82, 2.24) is 4.98 Å². The quantitative estimate of drug-likeness (QED) is 0.848. The van der Waals surface area contributed by atoms with Crippen LogP contribution in [0.25, 0.3) is 0 Å². The van der Waals surface area contributed by atoms with Crippen molar-refractivity contribution in [2.24, 2.45) is 0 Å². The number of aromatic nitrogens is 1. The fraction of sp³-hybridized carbons (Fsp3) is 0.412. The van der Waals surface area contributed by atoms with Crippen LogP contribution in [0.4, 0.5) is 5.69 Å². The Morgan fingerprint density at radius 3 is 2.81 bits per heavy atom. The van der Waals surface area contributed by atoms with Crippen LogP contribution in [0.15, 0.2) is 29.8 Å². The van der Waals surface area contributed by atoms with Crippen LogP contribution in [0.2, 0.25) is 0 Å². The van der Waals surface area contributed by atoms with E-state index in [0.717, 1.165) is 23.7 Å². The predicted octanol–water partition coefficient (Wildman–Crippen LogP) is 3.41. The third-order valence-corrected chi connectivity index (χ3v) is 4.69. The van der Waals surface area contributed by atoms with Crippen molar-refractivity contribution < 1.29 is 4.79 Å². The lowest BCUT2D eigenvalue weighted by atomic mass is 10.0. The summed E-state index contributed by atoms with van der Waals surface area (Å²) in [6.45, 7) is 4.33. The summed E-state index contributed by atoms with van der Waals surface area (Å²) in [4.78, 5) is 18.9. The first kappa shape index (κ1) is 14.3. The van der Waals surface area contributed by atoms with Crippen LogP contribution in [-0.2, 0) is 17.6 Å². The van der Waals surface area contributed by atoms with Crippen LogP contribution < -0.4 is 4.90 Å². The first-order chi connectivity index (χ1) is 10.2. The van der Waals surface area contributed by atoms with Crippen molar-refractivity contribution in [1.29, 1.82) is 0 Å². The Morgan fingerprint density at radius 1 is 1.29 bits per heavy atom. The van der Waals surface area contributed by atoms with Crippen molar-refractivity contribution >= 4 is 22.8 Å². The number of aryl methyl sites for hydroxylation is 1. The van der Waals surface area contributed by atoms with Gasteiger partial charge in [0.05, 0.1) is 11.4 Å². The smallest absolute Gasteiger partial charge is 0.144 e. The molecular weight excluding hydrogens is 280 g/mol. The van der Waals surface area contributed by atoms with Crippen molar-refractivity contribution in [2.45, 2.75) is 32.6 Å². The zero-order valence-corrected chi connectivity index (χ0v) is 13.2. The van der Waals surface area contributed by atoms with Gasteiger partial charge in [-0.25, -0.2) is 4.98 Å². The van der Waals surface area contributed by atoms with E-state index in [1.165, 1.54) is 24.1 Å². The highest BCUT2D eigenvalue weighted by atomic mass is 32.1. The average Bonchev–Trinajstić information content (AvgIpc) is 3.13. The lowest BCUT2D eigenvalue weighted by molar-refractivity contribution is -0.117. The summed E-state index contributed by atoms with van der Waals surface area (Å²) in [6.07, 6.45) is 5.21. The van der Waals surface area contributed by atoms with Gasteiger partial charge in [-0.05, 0) is 37.0 Å². The van der Waals surface area contributed by atoms with Gasteiger partial charge >= 0.3 is 0 Å². The number of benzene rings is 1. The average molecular weight is 300 g/mol. The van der Waals surface area contributed by atoms with Gasteiger partial charge in [-0.3, -0.25) is 4.79 Å². The molecule has 21 heavy (non-hydrogen) atoms. The zero-order valence-electron chi connectivity index (χ0n) is 12.3. The highest BCUT2D eigenvalue weighted by Crippen LogP contribution is 2.26. The molecule has 0 unspecified atom stereocenters. The highest BCUT2D eigenvalue weighted by Gasteiger charge is 2.17. The summed E-state index contributed by atoms with van der Waals surface area (Å²) in [5, 5.41) is 2.83. The van der Waals surface area contributed by atoms with E-state index in [0.29, 0.717) is 12.8 Å². The Morgan fingerprint density at radius 2 is 2.10 bits per heavy atom. The Kier molecular flexibility index (Phi) is 4.34. The van der Waals surface area contributed by atoms with E-state index in [4.69, 9.17) is 0 Å². The van der Waals surface area contributed by atoms with Gasteiger partial charge in [-0.1, -0.05) is 12.1 Å². The maximum Gasteiger partial charge on any atom is 0.144 e. The summed E-state index contributed by atoms with van der Waals surface area (Å²) in [5.41, 5.74) is 3.66. The molecule has 1 saturated heterocycles. The molecule has 3 nitrogen and oxygen atoms in total. The van der Waals surface area contributed by atoms with Crippen molar-refractivity contribution in [3.63, 3.8) is 0 Å². The second kappa shape index (κ2) is 6.39. The molecule has 0 saturated carbocycles. The summed E-state index contributed by atoms with van der Waals surface area (Å²) in [7, 11) is 0. The fourth-order valence-electron chi connectivity index (χ4n) is 2.86. The Bertz CT molecular complexity index is 616. The number of hydrogen-bond donors (Lipinski definition) is 0. The molecule has 1 aromatic heterocycles. The van der Waals surface area contributed by atoms with Gasteiger partial charge in [0.1, 0.15) is 5.78 Å². The minimum absolute atomic E-state index is 0.245. The molecule has 1 aliphatic rings. The molecule has 2 aromatic rings. The fourth-order valence-corrected chi connectivity index (χ4v) is 3.50. The number of thiazole rings is 1. The molecule has 1 aromatic carbocycles. The number of nitrogens with zero attached hydrogens (tertiary/aromatic N) is 2. The molecule has 0 N–H and O–H groups in total. The maximum absolute atomic E-state index is 12.3. The summed E-state index contributed by atoms with van der Waals surface area (Å²) in [6, 6.07) is 6.44. The zero-order chi connectivity index (χ0) is 14.7.